The van der Waals surface area contributed by atoms with Crippen LogP contribution in [0.25, 0.3) is 0 Å². The topological polar surface area (TPSA) is 160 Å². The Kier molecular flexibility index (Phi) is 7.09. The van der Waals surface area contributed by atoms with Gasteiger partial charge in [0.1, 0.15) is 23.7 Å². The molecule has 1 heterocycles. The van der Waals surface area contributed by atoms with Crippen molar-refractivity contribution >= 4 is 17.7 Å². The van der Waals surface area contributed by atoms with Crippen LogP contribution in [0.2, 0.25) is 0 Å². The molecule has 0 spiro atoms. The van der Waals surface area contributed by atoms with Crippen molar-refractivity contribution in [1.82, 2.24) is 0 Å². The third kappa shape index (κ3) is 4.83. The minimum atomic E-state index is -1.73. The van der Waals surface area contributed by atoms with E-state index < -0.39 is 54.3 Å². The van der Waals surface area contributed by atoms with Gasteiger partial charge in [0, 0.05) is 18.9 Å². The number of ketones is 1. The summed E-state index contributed by atoms with van der Waals surface area (Å²) in [4.78, 5) is 37.5. The van der Waals surface area contributed by atoms with E-state index >= 15 is 0 Å². The number of rotatable bonds is 4. The smallest absolute Gasteiger partial charge is 0.331 e. The Balaban J connectivity index is 1.89. The van der Waals surface area contributed by atoms with Gasteiger partial charge in [0.05, 0.1) is 11.1 Å². The van der Waals surface area contributed by atoms with Gasteiger partial charge in [-0.05, 0) is 49.6 Å². The average molecular weight is 513 g/mol. The second-order valence-corrected chi connectivity index (χ2v) is 9.48. The highest BCUT2D eigenvalue weighted by Gasteiger charge is 2.53. The molecule has 2 aliphatic rings. The fourth-order valence-corrected chi connectivity index (χ4v) is 4.94. The van der Waals surface area contributed by atoms with E-state index in [0.717, 1.165) is 6.92 Å². The quantitative estimate of drug-likeness (QED) is 0.352. The molecule has 37 heavy (non-hydrogen) atoms. The molecule has 0 bridgehead atoms. The number of allylic oxidation sites excluding steroid dienone is 1. The van der Waals surface area contributed by atoms with Crippen LogP contribution in [0.1, 0.15) is 59.3 Å². The summed E-state index contributed by atoms with van der Waals surface area (Å²) in [5, 5.41) is 43.4. The van der Waals surface area contributed by atoms with Crippen molar-refractivity contribution in [3.05, 3.63) is 69.8 Å². The van der Waals surface area contributed by atoms with Crippen LogP contribution < -0.4 is 0 Å². The number of ether oxygens (including phenoxy) is 3. The number of esters is 2. The zero-order valence-corrected chi connectivity index (χ0v) is 20.7. The zero-order chi connectivity index (χ0) is 27.2. The number of phenolic OH excluding ortho intramolecular Hbond substituents is 2. The van der Waals surface area contributed by atoms with Gasteiger partial charge in [0.15, 0.2) is 12.2 Å². The van der Waals surface area contributed by atoms with Crippen LogP contribution in [0, 0.1) is 6.92 Å². The Labute approximate surface area is 212 Å². The van der Waals surface area contributed by atoms with E-state index in [1.54, 1.807) is 32.9 Å². The third-order valence-corrected chi connectivity index (χ3v) is 6.34. The molecule has 4 rings (SSSR count). The number of aryl methyl sites for hydroxylation is 1. The molecule has 0 radical (unpaired) electrons. The fraction of sp³-hybridized carbons (Fsp3) is 0.370. The maximum atomic E-state index is 13.3. The van der Waals surface area contributed by atoms with Crippen LogP contribution in [-0.4, -0.2) is 68.9 Å². The highest BCUT2D eigenvalue weighted by molar-refractivity contribution is 6.16. The van der Waals surface area contributed by atoms with Crippen LogP contribution in [0.5, 0.6) is 11.5 Å². The van der Waals surface area contributed by atoms with Crippen LogP contribution in [-0.2, 0) is 23.8 Å². The molecule has 1 aliphatic carbocycles. The number of aliphatic hydroxyl groups is 2. The normalized spacial score (nSPS) is 26.5. The molecule has 1 fully saturated rings. The van der Waals surface area contributed by atoms with E-state index in [-0.39, 0.29) is 33.8 Å². The number of carbonyl (C=O) groups is 3. The lowest BCUT2D eigenvalue weighted by molar-refractivity contribution is -0.291. The number of fused-ring (bicyclic) bond motifs is 2. The van der Waals surface area contributed by atoms with Crippen LogP contribution in [0.15, 0.2) is 42.0 Å². The number of hydrogen-bond donors (Lipinski definition) is 4. The van der Waals surface area contributed by atoms with Crippen molar-refractivity contribution in [2.75, 3.05) is 0 Å². The molecule has 0 amide bonds. The number of aromatic hydroxyl groups is 2. The summed E-state index contributed by atoms with van der Waals surface area (Å²) in [5.74, 6) is -3.91. The monoisotopic (exact) mass is 512 g/mol. The molecule has 2 aromatic rings. The van der Waals surface area contributed by atoms with E-state index in [9.17, 15) is 34.8 Å². The van der Waals surface area contributed by atoms with Crippen molar-refractivity contribution in [1.29, 1.82) is 0 Å². The lowest BCUT2D eigenvalue weighted by Gasteiger charge is -2.45. The van der Waals surface area contributed by atoms with E-state index in [0.29, 0.717) is 11.1 Å². The second kappa shape index (κ2) is 9.97. The molecule has 0 aromatic heterocycles. The molecule has 4 N–H and O–H groups in total. The maximum absolute atomic E-state index is 13.3. The standard InChI is InChI=1S/C27H28O10/c1-11(2)8-18(31)36-26-23(33)25(37-27(24(26)34)35-13(4)28)19-14-6-5-7-16(29)20(14)22(32)21-15(19)9-12(3)10-17(21)30/h5-10,19,23-27,29-30,33-34H,1-4H3/t19-,23+,24+,25-,26+,27+/m0/s1. The highest BCUT2D eigenvalue weighted by atomic mass is 16.7. The van der Waals surface area contributed by atoms with Gasteiger partial charge in [-0.3, -0.25) is 9.59 Å². The fourth-order valence-electron chi connectivity index (χ4n) is 4.94. The lowest BCUT2D eigenvalue weighted by Crippen LogP contribution is -2.61. The first kappa shape index (κ1) is 26.3. The molecule has 0 saturated carbocycles. The molecule has 1 saturated heterocycles. The predicted molar refractivity (Wildman–Crippen MR) is 128 cm³/mol. The van der Waals surface area contributed by atoms with Gasteiger partial charge in [0.25, 0.3) is 0 Å². The van der Waals surface area contributed by atoms with Crippen molar-refractivity contribution in [3.8, 4) is 11.5 Å². The Morgan fingerprint density at radius 3 is 2.27 bits per heavy atom. The number of benzene rings is 2. The summed E-state index contributed by atoms with van der Waals surface area (Å²) in [6.07, 6.45) is -6.77. The Hall–Kier alpha value is -3.73. The summed E-state index contributed by atoms with van der Waals surface area (Å²) >= 11 is 0. The molecule has 1 aliphatic heterocycles. The minimum absolute atomic E-state index is 0.0892. The van der Waals surface area contributed by atoms with Crippen LogP contribution in [0.4, 0.5) is 0 Å². The van der Waals surface area contributed by atoms with Crippen molar-refractivity contribution < 1.29 is 49.0 Å². The summed E-state index contributed by atoms with van der Waals surface area (Å²) < 4.78 is 16.4. The molecule has 10 heteroatoms. The molecule has 2 aromatic carbocycles. The van der Waals surface area contributed by atoms with Crippen molar-refractivity contribution in [3.63, 3.8) is 0 Å². The number of hydrogen-bond acceptors (Lipinski definition) is 10. The van der Waals surface area contributed by atoms with Crippen LogP contribution >= 0.6 is 0 Å². The Morgan fingerprint density at radius 2 is 1.62 bits per heavy atom. The van der Waals surface area contributed by atoms with Gasteiger partial charge in [0.2, 0.25) is 12.1 Å². The van der Waals surface area contributed by atoms with Gasteiger partial charge in [-0.15, -0.1) is 0 Å². The first-order valence-electron chi connectivity index (χ1n) is 11.6. The lowest BCUT2D eigenvalue weighted by atomic mass is 9.71. The molecule has 0 unspecified atom stereocenters. The number of phenols is 2. The summed E-state index contributed by atoms with van der Waals surface area (Å²) in [7, 11) is 0. The highest BCUT2D eigenvalue weighted by Crippen LogP contribution is 2.47. The van der Waals surface area contributed by atoms with E-state index in [1.165, 1.54) is 24.3 Å². The maximum Gasteiger partial charge on any atom is 0.331 e. The summed E-state index contributed by atoms with van der Waals surface area (Å²) in [5.41, 5.74) is 1.60. The Morgan fingerprint density at radius 1 is 0.946 bits per heavy atom. The van der Waals surface area contributed by atoms with Gasteiger partial charge >= 0.3 is 11.9 Å². The Bertz CT molecular complexity index is 1290. The second-order valence-electron chi connectivity index (χ2n) is 9.48. The van der Waals surface area contributed by atoms with E-state index in [1.807, 2.05) is 0 Å². The predicted octanol–water partition coefficient (Wildman–Crippen LogP) is 1.97. The van der Waals surface area contributed by atoms with Crippen LogP contribution in [0.3, 0.4) is 0 Å². The molecule has 196 valence electrons. The average Bonchev–Trinajstić information content (AvgIpc) is 2.78. The minimum Gasteiger partial charge on any atom is -0.507 e. The van der Waals surface area contributed by atoms with Gasteiger partial charge in [-0.25, -0.2) is 4.79 Å². The largest absolute Gasteiger partial charge is 0.507 e. The van der Waals surface area contributed by atoms with Crippen molar-refractivity contribution in [2.24, 2.45) is 0 Å². The molecule has 10 nitrogen and oxygen atoms in total. The van der Waals surface area contributed by atoms with Gasteiger partial charge < -0.3 is 34.6 Å². The number of aliphatic hydroxyl groups excluding tert-OH is 2. The molecular weight excluding hydrogens is 484 g/mol. The third-order valence-electron chi connectivity index (χ3n) is 6.34. The summed E-state index contributed by atoms with van der Waals surface area (Å²) in [6.45, 7) is 6.13. The zero-order valence-electron chi connectivity index (χ0n) is 20.7. The summed E-state index contributed by atoms with van der Waals surface area (Å²) in [6, 6.07) is 7.42. The van der Waals surface area contributed by atoms with Gasteiger partial charge in [-0.1, -0.05) is 23.8 Å². The number of carbonyl (C=O) groups excluding carboxylic acids is 3. The first-order valence-corrected chi connectivity index (χ1v) is 11.6. The molecular formula is C27H28O10. The molecule has 6 atom stereocenters. The van der Waals surface area contributed by atoms with E-state index in [2.05, 4.69) is 0 Å². The first-order chi connectivity index (χ1) is 17.4. The SMILES string of the molecule is CC(=O)O[C@@H]1O[C@@H]([C@H]2c3cccc(O)c3C(=O)c3c(O)cc(C)cc32)[C@@H](O)[C@@H](OC(=O)C=C(C)C)[C@H]1O. The van der Waals surface area contributed by atoms with E-state index in [4.69, 9.17) is 14.2 Å². The van der Waals surface area contributed by atoms with Crippen molar-refractivity contribution in [2.45, 2.75) is 64.3 Å². The van der Waals surface area contributed by atoms with Gasteiger partial charge in [-0.2, -0.15) is 0 Å².